The molecule has 148 heavy (non-hydrogen) atoms. The summed E-state index contributed by atoms with van der Waals surface area (Å²) in [7, 11) is 0. The van der Waals surface area contributed by atoms with E-state index in [-0.39, 0.29) is 79.6 Å². The second-order valence-electron chi connectivity index (χ2n) is 36.2. The van der Waals surface area contributed by atoms with Crippen molar-refractivity contribution in [2.45, 2.75) is 234 Å². The Morgan fingerprint density at radius 2 is 0.966 bits per heavy atom. The number of rotatable bonds is 48. The normalized spacial score (nSPS) is 21.7. The first-order valence-corrected chi connectivity index (χ1v) is 46.8. The molecule has 3 fully saturated rings. The number of cyclic esters (lactones) is 1. The minimum Gasteiger partial charge on any atom is -0.458 e. The average molecular weight is 2100 g/mol. The van der Waals surface area contributed by atoms with Gasteiger partial charge < -0.3 is 137 Å². The first-order chi connectivity index (χ1) is 70.0. The second-order valence-corrected chi connectivity index (χ2v) is 36.2. The fourth-order valence-corrected chi connectivity index (χ4v) is 17.1. The van der Waals surface area contributed by atoms with Gasteiger partial charge in [0.15, 0.2) is 23.9 Å². The number of aliphatic hydroxyl groups is 7. The first kappa shape index (κ1) is 113. The van der Waals surface area contributed by atoms with E-state index >= 15 is 4.39 Å². The minimum absolute atomic E-state index is 0.0467. The molecule has 1 aliphatic carbocycles. The Morgan fingerprint density at radius 3 is 1.40 bits per heavy atom. The largest absolute Gasteiger partial charge is 0.458 e. The Bertz CT molecular complexity index is 6000. The number of alkyl halides is 6. The first-order valence-electron chi connectivity index (χ1n) is 46.8. The van der Waals surface area contributed by atoms with Crippen molar-refractivity contribution in [2.75, 3.05) is 102 Å². The molecule has 10 heterocycles. The van der Waals surface area contributed by atoms with Gasteiger partial charge in [0.25, 0.3) is 5.56 Å². The maximum Gasteiger partial charge on any atom is 0.351 e. The highest BCUT2D eigenvalue weighted by molar-refractivity contribution is 5.98. The number of esters is 1. The number of aliphatic hydroxyl groups excluding tert-OH is 6. The van der Waals surface area contributed by atoms with Crippen molar-refractivity contribution in [3.05, 3.63) is 130 Å². The lowest BCUT2D eigenvalue weighted by Crippen LogP contribution is -2.58. The molecule has 0 radical (unpaired) electrons. The van der Waals surface area contributed by atoms with E-state index in [1.165, 1.54) is 30.5 Å². The van der Waals surface area contributed by atoms with Crippen LogP contribution in [0, 0.1) is 18.7 Å². The zero-order valence-corrected chi connectivity index (χ0v) is 80.2. The topological polar surface area (TPSA) is 712 Å². The van der Waals surface area contributed by atoms with Gasteiger partial charge in [0.05, 0.1) is 114 Å². The number of ether oxygens (including phenoxy) is 7. The van der Waals surface area contributed by atoms with Gasteiger partial charge >= 0.3 is 40.8 Å². The summed E-state index contributed by atoms with van der Waals surface area (Å²) >= 11 is 0. The number of hydrogen-bond acceptors (Lipinski definition) is 35. The lowest BCUT2D eigenvalue weighted by atomic mass is 9.81. The van der Waals surface area contributed by atoms with Crippen molar-refractivity contribution in [3.63, 3.8) is 0 Å². The standard InChI is InChI=1S/C90H111F7N20O31/c1-7-87(141)48-28-52-71-46(33-117(52)78(136)47(48)37-145-82(87)137)69-50(14-13-45-42(4)49(91)29-51(104-71)68(45)69)105-76(134)44(6)102-75(133)43(5)103-77(135)70(41(2)3)112-63(125)11-8-10-59(121)98-21-9-12-64(126)113-86(38-142-25-18-60(122)99-30-65(127)106-56-15-22-114(83(138)109-56)79-88(92,93)72(130)53(34-118)146-79,39-143-26-19-61(123)100-31-66(128)107-57-16-23-115(84(139)110-57)80-89(94,95)73(131)54(35-119)147-80)40-144-27-20-62(124)101-32-67(129)108-58-17-24-116(85(140)111-58)81-90(96,97)74(132)55(36-120)148-81/h15-17,22-24,28-29,41,43-44,50,53-55,70,72-74,79-81,118-120,130-132,141H,7-14,18-21,25-27,30-40H2,1-6H3,(H,98,121)(H,99,122)(H,100,123)(H,101,124)(H,102,133)(H,103,135)(H,105,134)(H,112,125)(H,113,126)(H,106,109,127,138)(H,107,110,128,139)(H,108,111,129,140)/t43-,44-,50-,53+,54+,55+,70-,72+,73+,74+,79+,80+,81+,87-/m0/s1. The molecule has 806 valence electrons. The Labute approximate surface area is 832 Å². The van der Waals surface area contributed by atoms with Crippen molar-refractivity contribution in [1.82, 2.24) is 86.1 Å². The van der Waals surface area contributed by atoms with Gasteiger partial charge in [-0.2, -0.15) is 41.3 Å². The van der Waals surface area contributed by atoms with Crippen molar-refractivity contribution in [1.29, 1.82) is 0 Å². The molecule has 1 aromatic carbocycles. The van der Waals surface area contributed by atoms with E-state index in [2.05, 4.69) is 78.8 Å². The van der Waals surface area contributed by atoms with Crippen LogP contribution in [0.2, 0.25) is 0 Å². The van der Waals surface area contributed by atoms with Gasteiger partial charge in [-0.25, -0.2) is 28.6 Å². The molecule has 58 heteroatoms. The van der Waals surface area contributed by atoms with Crippen LogP contribution in [0.15, 0.2) is 68.1 Å². The van der Waals surface area contributed by atoms with Gasteiger partial charge in [-0.1, -0.05) is 20.8 Å². The lowest BCUT2D eigenvalue weighted by Gasteiger charge is -2.34. The summed E-state index contributed by atoms with van der Waals surface area (Å²) in [5.41, 5.74) is -5.84. The van der Waals surface area contributed by atoms with Crippen LogP contribution >= 0.6 is 0 Å². The summed E-state index contributed by atoms with van der Waals surface area (Å²) in [6.45, 7) is -0.703. The maximum absolute atomic E-state index is 15.7. The maximum atomic E-state index is 15.7. The Kier molecular flexibility index (Phi) is 36.7. The van der Waals surface area contributed by atoms with Crippen LogP contribution in [0.1, 0.15) is 157 Å². The summed E-state index contributed by atoms with van der Waals surface area (Å²) in [4.78, 5) is 242. The number of nitrogens with zero attached hydrogens (tertiary/aromatic N) is 8. The number of carbonyl (C=O) groups excluding carboxylic acids is 13. The van der Waals surface area contributed by atoms with Gasteiger partial charge in [0, 0.05) is 86.2 Å². The summed E-state index contributed by atoms with van der Waals surface area (Å²) < 4.78 is 145. The molecule has 12 rings (SSSR count). The predicted octanol–water partition coefficient (Wildman–Crippen LogP) is -4.48. The monoisotopic (exact) mass is 2100 g/mol. The van der Waals surface area contributed by atoms with Crippen LogP contribution in [-0.2, 0) is 121 Å². The SMILES string of the molecule is CC[C@@]1(O)C(=O)OCc2c1cc1n(c2=O)Cc2c-1nc1cc(F)c(C)c3c1c2[C@@H](NC(=O)[C@H](C)NC(=O)[C@H](C)NC(=O)[C@@H](NC(=O)CCCC(=O)NCCCC(=O)NC(COCCC(=O)NCC(=O)Nc1ccn([C@@H]2O[C@H](CO)[C@@H](O)C2(F)F)c(=O)n1)(COCCC(=O)NCC(=O)Nc1ccn([C@@H]2O[C@H](CO)[C@@H](O)C2(F)F)c(=O)n1)COCCC(=O)NCC(=O)Nc1ccn([C@@H]2O[C@H](CO)[C@@H](O)C2(F)F)c(=O)n1)C(C)C)CC3. The highest BCUT2D eigenvalue weighted by Gasteiger charge is 2.62. The highest BCUT2D eigenvalue weighted by atomic mass is 19.3. The van der Waals surface area contributed by atoms with Gasteiger partial charge in [-0.05, 0) is 99.7 Å². The van der Waals surface area contributed by atoms with Gasteiger partial charge in [-0.15, -0.1) is 0 Å². The molecule has 19 N–H and O–H groups in total. The number of anilines is 3. The molecule has 0 unspecified atom stereocenters. The van der Waals surface area contributed by atoms with Crippen LogP contribution in [0.5, 0.6) is 0 Å². The van der Waals surface area contributed by atoms with Crippen molar-refractivity contribution in [2.24, 2.45) is 5.92 Å². The van der Waals surface area contributed by atoms with Crippen LogP contribution < -0.4 is 86.4 Å². The third kappa shape index (κ3) is 25.8. The van der Waals surface area contributed by atoms with Crippen LogP contribution in [0.3, 0.4) is 0 Å². The Morgan fingerprint density at radius 1 is 0.534 bits per heavy atom. The molecule has 0 bridgehead atoms. The van der Waals surface area contributed by atoms with Gasteiger partial charge in [-0.3, -0.25) is 76.0 Å². The number of hydrogen-bond donors (Lipinski definition) is 19. The number of nitrogens with one attached hydrogen (secondary N) is 12. The molecule has 5 aliphatic heterocycles. The summed E-state index contributed by atoms with van der Waals surface area (Å²) in [5.74, 6) is -25.8. The number of aromatic nitrogens is 8. The smallest absolute Gasteiger partial charge is 0.351 e. The molecular formula is C90H111F7N20O31. The number of benzene rings is 1. The van der Waals surface area contributed by atoms with Crippen LogP contribution in [-0.4, -0.2) is 315 Å². The predicted molar refractivity (Wildman–Crippen MR) is 490 cm³/mol. The third-order valence-corrected chi connectivity index (χ3v) is 25.2. The molecule has 0 saturated carbocycles. The van der Waals surface area contributed by atoms with Crippen molar-refractivity contribution >= 4 is 105 Å². The fourth-order valence-electron chi connectivity index (χ4n) is 17.1. The summed E-state index contributed by atoms with van der Waals surface area (Å²) in [6, 6.07) is 0.930. The van der Waals surface area contributed by atoms with E-state index in [1.54, 1.807) is 27.7 Å². The minimum atomic E-state index is -4.07. The van der Waals surface area contributed by atoms with E-state index in [4.69, 9.17) is 38.1 Å². The third-order valence-electron chi connectivity index (χ3n) is 25.2. The summed E-state index contributed by atoms with van der Waals surface area (Å²) in [6.07, 6.45) is -20.2. The number of halogens is 7. The summed E-state index contributed by atoms with van der Waals surface area (Å²) in [5, 5.41) is 99.4. The zero-order valence-electron chi connectivity index (χ0n) is 80.2. The number of amides is 12. The van der Waals surface area contributed by atoms with Crippen LogP contribution in [0.4, 0.5) is 48.2 Å². The molecule has 3 saturated heterocycles. The van der Waals surface area contributed by atoms with E-state index < -0.39 is 348 Å². The van der Waals surface area contributed by atoms with E-state index in [0.717, 1.165) is 36.8 Å². The Balaban J connectivity index is 0.647. The van der Waals surface area contributed by atoms with Gasteiger partial charge in [0.1, 0.15) is 71.9 Å². The number of pyridine rings is 2. The lowest BCUT2D eigenvalue weighted by molar-refractivity contribution is -0.172. The molecule has 0 spiro atoms. The molecule has 51 nitrogen and oxygen atoms in total. The fraction of sp³-hybridized carbons (Fsp3) is 0.567. The second kappa shape index (κ2) is 48.1. The highest BCUT2D eigenvalue weighted by Crippen LogP contribution is 2.49. The molecule has 6 aromatic rings. The van der Waals surface area contributed by atoms with E-state index in [9.17, 15) is 144 Å². The molecule has 12 amide bonds. The zero-order chi connectivity index (χ0) is 108. The van der Waals surface area contributed by atoms with Crippen LogP contribution in [0.25, 0.3) is 22.3 Å². The molecular weight excluding hydrogens is 1990 g/mol. The Hall–Kier alpha value is -13.7. The van der Waals surface area contributed by atoms with Gasteiger partial charge in [0.2, 0.25) is 89.6 Å². The van der Waals surface area contributed by atoms with Crippen molar-refractivity contribution < 1.29 is 162 Å². The molecule has 5 aromatic heterocycles. The number of carbonyl (C=O) groups is 13. The number of fused-ring (bicyclic) bond motifs is 5. The van der Waals surface area contributed by atoms with E-state index in [1.807, 2.05) is 0 Å². The number of aryl methyl sites for hydroxylation is 1. The molecule has 6 aliphatic rings. The average Bonchev–Trinajstić information content (AvgIpc) is 1.55. The van der Waals surface area contributed by atoms with E-state index in [0.29, 0.717) is 47.8 Å². The van der Waals surface area contributed by atoms with Crippen molar-refractivity contribution in [3.8, 4) is 11.4 Å². The molecule has 14 atom stereocenters. The quantitative estimate of drug-likeness (QED) is 0.00971.